The van der Waals surface area contributed by atoms with Gasteiger partial charge in [0.1, 0.15) is 0 Å². The third-order valence-electron chi connectivity index (χ3n) is 4.71. The lowest BCUT2D eigenvalue weighted by Crippen LogP contribution is -2.39. The van der Waals surface area contributed by atoms with Gasteiger partial charge in [-0.15, -0.1) is 0 Å². The molecule has 0 aromatic rings. The Hall–Kier alpha value is -0.590. The lowest BCUT2D eigenvalue weighted by molar-refractivity contribution is -0.124. The summed E-state index contributed by atoms with van der Waals surface area (Å²) in [5.41, 5.74) is 2.80. The molecule has 0 bridgehead atoms. The first-order valence-electron chi connectivity index (χ1n) is 6.70. The smallest absolute Gasteiger partial charge is 0.162 e. The summed E-state index contributed by atoms with van der Waals surface area (Å²) in [6, 6.07) is 0. The second kappa shape index (κ2) is 4.01. The van der Waals surface area contributed by atoms with Gasteiger partial charge in [0.2, 0.25) is 0 Å². The van der Waals surface area contributed by atoms with Gasteiger partial charge in [0.15, 0.2) is 5.78 Å². The molecule has 0 N–H and O–H groups in total. The lowest BCUT2D eigenvalue weighted by Gasteiger charge is -2.43. The average Bonchev–Trinajstić information content (AvgIpc) is 2.16. The molecule has 0 aliphatic heterocycles. The zero-order valence-electron chi connectivity index (χ0n) is 11.1. The van der Waals surface area contributed by atoms with Crippen molar-refractivity contribution in [3.05, 3.63) is 11.1 Å². The van der Waals surface area contributed by atoms with Crippen LogP contribution in [0.5, 0.6) is 0 Å². The fraction of sp³-hybridized carbons (Fsp3) is 0.800. The van der Waals surface area contributed by atoms with Crippen LogP contribution in [0.25, 0.3) is 0 Å². The Morgan fingerprint density at radius 1 is 1.31 bits per heavy atom. The highest BCUT2D eigenvalue weighted by atomic mass is 16.1. The van der Waals surface area contributed by atoms with E-state index in [1.807, 2.05) is 0 Å². The number of hydrogen-bond acceptors (Lipinski definition) is 1. The minimum atomic E-state index is 0.213. The lowest BCUT2D eigenvalue weighted by atomic mass is 9.60. The third-order valence-corrected chi connectivity index (χ3v) is 4.71. The molecule has 0 spiro atoms. The molecule has 0 aromatic carbocycles. The molecule has 1 nitrogen and oxygen atoms in total. The molecule has 1 fully saturated rings. The minimum absolute atomic E-state index is 0.213. The summed E-state index contributed by atoms with van der Waals surface area (Å²) in [5, 5.41) is 0. The number of carbonyl (C=O) groups excluding carboxylic acids is 1. The standard InChI is InChI=1S/C15H24O/c1-10(2)12-7-9-15(4)8-5-6-11(3)13(15)14(12)16/h10,12H,5-9H2,1-4H3/t12-,15-/m1/s1. The van der Waals surface area contributed by atoms with Crippen LogP contribution in [0.3, 0.4) is 0 Å². The summed E-state index contributed by atoms with van der Waals surface area (Å²) in [7, 11) is 0. The van der Waals surface area contributed by atoms with E-state index >= 15 is 0 Å². The van der Waals surface area contributed by atoms with Crippen LogP contribution in [-0.2, 0) is 4.79 Å². The van der Waals surface area contributed by atoms with Crippen molar-refractivity contribution in [1.29, 1.82) is 0 Å². The number of Topliss-reactive ketones (excluding diaryl/α,β-unsaturated/α-hetero) is 1. The van der Waals surface area contributed by atoms with Crippen LogP contribution in [-0.4, -0.2) is 5.78 Å². The van der Waals surface area contributed by atoms with E-state index in [9.17, 15) is 4.79 Å². The van der Waals surface area contributed by atoms with Gasteiger partial charge in [0.25, 0.3) is 0 Å². The third kappa shape index (κ3) is 1.74. The van der Waals surface area contributed by atoms with E-state index in [0.29, 0.717) is 11.7 Å². The summed E-state index contributed by atoms with van der Waals surface area (Å²) in [6.07, 6.45) is 5.95. The number of hydrogen-bond donors (Lipinski definition) is 0. The zero-order valence-corrected chi connectivity index (χ0v) is 11.1. The Morgan fingerprint density at radius 2 is 2.00 bits per heavy atom. The number of rotatable bonds is 1. The van der Waals surface area contributed by atoms with Crippen molar-refractivity contribution in [3.63, 3.8) is 0 Å². The molecule has 2 rings (SSSR count). The van der Waals surface area contributed by atoms with Crippen LogP contribution in [0.1, 0.15) is 59.8 Å². The molecule has 1 heteroatoms. The van der Waals surface area contributed by atoms with Gasteiger partial charge in [-0.3, -0.25) is 4.79 Å². The van der Waals surface area contributed by atoms with Gasteiger partial charge in [-0.1, -0.05) is 26.3 Å². The van der Waals surface area contributed by atoms with Crippen molar-refractivity contribution in [1.82, 2.24) is 0 Å². The van der Waals surface area contributed by atoms with Gasteiger partial charge in [-0.2, -0.15) is 0 Å². The van der Waals surface area contributed by atoms with E-state index in [2.05, 4.69) is 27.7 Å². The van der Waals surface area contributed by atoms with Gasteiger partial charge < -0.3 is 0 Å². The van der Waals surface area contributed by atoms with Crippen LogP contribution in [0, 0.1) is 17.3 Å². The van der Waals surface area contributed by atoms with Crippen LogP contribution in [0.4, 0.5) is 0 Å². The summed E-state index contributed by atoms with van der Waals surface area (Å²) in [4.78, 5) is 12.6. The molecule has 0 unspecified atom stereocenters. The van der Waals surface area contributed by atoms with Gasteiger partial charge in [0.05, 0.1) is 0 Å². The fourth-order valence-corrected chi connectivity index (χ4v) is 3.69. The highest BCUT2D eigenvalue weighted by molar-refractivity contribution is 6.00. The molecule has 0 aromatic heterocycles. The Kier molecular flexibility index (Phi) is 2.98. The van der Waals surface area contributed by atoms with Crippen molar-refractivity contribution in [3.8, 4) is 0 Å². The maximum atomic E-state index is 12.6. The van der Waals surface area contributed by atoms with Crippen molar-refractivity contribution in [2.45, 2.75) is 59.8 Å². The van der Waals surface area contributed by atoms with Crippen molar-refractivity contribution >= 4 is 5.78 Å². The normalized spacial score (nSPS) is 35.6. The number of fused-ring (bicyclic) bond motifs is 1. The SMILES string of the molecule is CC1=C2C(=O)[C@@H](C(C)C)CC[C@@]2(C)CCC1. The maximum absolute atomic E-state index is 12.6. The summed E-state index contributed by atoms with van der Waals surface area (Å²) >= 11 is 0. The number of ketones is 1. The van der Waals surface area contributed by atoms with E-state index in [0.717, 1.165) is 12.8 Å². The topological polar surface area (TPSA) is 17.1 Å². The first-order valence-corrected chi connectivity index (χ1v) is 6.70. The van der Waals surface area contributed by atoms with Gasteiger partial charge in [0, 0.05) is 11.5 Å². The molecule has 0 saturated heterocycles. The summed E-state index contributed by atoms with van der Waals surface area (Å²) in [6.45, 7) is 8.85. The number of carbonyl (C=O) groups is 1. The van der Waals surface area contributed by atoms with Crippen molar-refractivity contribution in [2.24, 2.45) is 17.3 Å². The van der Waals surface area contributed by atoms with Crippen molar-refractivity contribution < 1.29 is 4.79 Å². The molecular formula is C15H24O. The van der Waals surface area contributed by atoms with Crippen LogP contribution in [0.2, 0.25) is 0 Å². The number of allylic oxidation sites excluding steroid dienone is 2. The van der Waals surface area contributed by atoms with E-state index in [1.54, 1.807) is 0 Å². The van der Waals surface area contributed by atoms with Crippen LogP contribution < -0.4 is 0 Å². The van der Waals surface area contributed by atoms with E-state index in [-0.39, 0.29) is 11.3 Å². The second-order valence-corrected chi connectivity index (χ2v) is 6.32. The molecule has 2 atom stereocenters. The van der Waals surface area contributed by atoms with Crippen LogP contribution >= 0.6 is 0 Å². The Morgan fingerprint density at radius 3 is 2.62 bits per heavy atom. The molecule has 0 heterocycles. The Balaban J connectivity index is 2.38. The van der Waals surface area contributed by atoms with Gasteiger partial charge in [-0.05, 0) is 50.4 Å². The molecule has 1 saturated carbocycles. The largest absolute Gasteiger partial charge is 0.294 e. The van der Waals surface area contributed by atoms with Gasteiger partial charge >= 0.3 is 0 Å². The first kappa shape index (κ1) is 11.9. The van der Waals surface area contributed by atoms with E-state index < -0.39 is 0 Å². The minimum Gasteiger partial charge on any atom is -0.294 e. The fourth-order valence-electron chi connectivity index (χ4n) is 3.69. The molecule has 90 valence electrons. The molecule has 0 radical (unpaired) electrons. The van der Waals surface area contributed by atoms with E-state index in [4.69, 9.17) is 0 Å². The monoisotopic (exact) mass is 220 g/mol. The maximum Gasteiger partial charge on any atom is 0.162 e. The summed E-state index contributed by atoms with van der Waals surface area (Å²) in [5.74, 6) is 1.26. The molecule has 2 aliphatic carbocycles. The molecular weight excluding hydrogens is 196 g/mol. The zero-order chi connectivity index (χ0) is 11.9. The van der Waals surface area contributed by atoms with Gasteiger partial charge in [-0.25, -0.2) is 0 Å². The first-order chi connectivity index (χ1) is 7.46. The average molecular weight is 220 g/mol. The molecule has 16 heavy (non-hydrogen) atoms. The predicted molar refractivity (Wildman–Crippen MR) is 67.2 cm³/mol. The quantitative estimate of drug-likeness (QED) is 0.649. The highest BCUT2D eigenvalue weighted by Crippen LogP contribution is 2.50. The predicted octanol–water partition coefficient (Wildman–Crippen LogP) is 4.13. The van der Waals surface area contributed by atoms with Crippen LogP contribution in [0.15, 0.2) is 11.1 Å². The molecule has 0 amide bonds. The molecule has 2 aliphatic rings. The Labute approximate surface area is 99.3 Å². The second-order valence-electron chi connectivity index (χ2n) is 6.32. The summed E-state index contributed by atoms with van der Waals surface area (Å²) < 4.78 is 0. The van der Waals surface area contributed by atoms with E-state index in [1.165, 1.54) is 30.4 Å². The van der Waals surface area contributed by atoms with Crippen molar-refractivity contribution in [2.75, 3.05) is 0 Å². The highest BCUT2D eigenvalue weighted by Gasteiger charge is 2.44. The Bertz CT molecular complexity index is 337.